The van der Waals surface area contributed by atoms with Crippen LogP contribution in [0.3, 0.4) is 0 Å². The number of para-hydroxylation sites is 2. The van der Waals surface area contributed by atoms with E-state index in [0.29, 0.717) is 11.1 Å². The van der Waals surface area contributed by atoms with E-state index >= 15 is 0 Å². The zero-order chi connectivity index (χ0) is 51.8. The van der Waals surface area contributed by atoms with Crippen LogP contribution in [0.25, 0.3) is 0 Å². The first-order valence-corrected chi connectivity index (χ1v) is 21.9. The minimum atomic E-state index is -4.86. The lowest BCUT2D eigenvalue weighted by Crippen LogP contribution is -2.33. The van der Waals surface area contributed by atoms with E-state index in [0.717, 1.165) is 50.2 Å². The van der Waals surface area contributed by atoms with Gasteiger partial charge in [0.25, 0.3) is 23.6 Å². The second-order valence-corrected chi connectivity index (χ2v) is 16.4. The SMILES string of the molecule is CCc1cc(NC(=O)C(N=Nc2cccc(C(=O)Nc3c(Cl)cccc3C(F)(F)F)c2Cl)C(C)=O)cc(CC)c1NC(=O)C(N=Nc1cccc(C(=O)Nc2c(Cl)cccc2C(F)(F)F)c1Cl)C(C)=O. The van der Waals surface area contributed by atoms with Crippen molar-refractivity contribution in [2.24, 2.45) is 20.5 Å². The molecule has 0 saturated heterocycles. The number of azo groups is 2. The number of Topliss-reactive ketones (excluding diaryl/α,β-unsaturated/α-hetero) is 2. The van der Waals surface area contributed by atoms with E-state index in [2.05, 4.69) is 41.7 Å². The highest BCUT2D eigenvalue weighted by Crippen LogP contribution is 2.41. The van der Waals surface area contributed by atoms with Gasteiger partial charge in [-0.2, -0.15) is 46.8 Å². The molecule has 0 radical (unpaired) electrons. The fourth-order valence-corrected chi connectivity index (χ4v) is 7.46. The molecule has 0 fully saturated rings. The number of carbonyl (C=O) groups is 6. The van der Waals surface area contributed by atoms with E-state index in [9.17, 15) is 55.1 Å². The fraction of sp³-hybridized carbons (Fsp3) is 0.217. The Kier molecular flexibility index (Phi) is 17.6. The van der Waals surface area contributed by atoms with Crippen LogP contribution in [0.1, 0.15) is 70.7 Å². The minimum absolute atomic E-state index is 0.165. The molecule has 70 heavy (non-hydrogen) atoms. The van der Waals surface area contributed by atoms with Crippen LogP contribution in [0.2, 0.25) is 20.1 Å². The van der Waals surface area contributed by atoms with Gasteiger partial charge in [0.05, 0.1) is 53.7 Å². The molecule has 0 bridgehead atoms. The van der Waals surface area contributed by atoms with E-state index in [1.807, 2.05) is 0 Å². The summed E-state index contributed by atoms with van der Waals surface area (Å²) in [6.07, 6.45) is -9.21. The summed E-state index contributed by atoms with van der Waals surface area (Å²) in [5, 5.41) is 23.6. The largest absolute Gasteiger partial charge is 0.418 e. The van der Waals surface area contributed by atoms with Gasteiger partial charge in [0.2, 0.25) is 12.1 Å². The zero-order valence-electron chi connectivity index (χ0n) is 36.7. The number of alkyl halides is 6. The number of halogens is 10. The Bertz CT molecular complexity index is 2940. The van der Waals surface area contributed by atoms with Crippen molar-refractivity contribution >= 4 is 116 Å². The molecule has 0 aliphatic heterocycles. The van der Waals surface area contributed by atoms with Crippen LogP contribution >= 0.6 is 46.4 Å². The number of hydrogen-bond acceptors (Lipinski definition) is 10. The van der Waals surface area contributed by atoms with Gasteiger partial charge in [0.1, 0.15) is 11.4 Å². The summed E-state index contributed by atoms with van der Waals surface area (Å²) >= 11 is 24.8. The summed E-state index contributed by atoms with van der Waals surface area (Å²) in [4.78, 5) is 78.9. The standard InChI is InChI=1S/C46H36Cl4F6N8O6/c1-5-23-19-25(57-43(69)36(21(3)65)63-61-32-17-7-11-26(34(32)49)41(67)59-39-28(45(51,52)53)13-9-15-30(39)47)20-24(6-2)38(23)58-44(70)37(22(4)66)64-62-33-18-8-12-27(35(33)50)42(68)60-40-29(46(54,55)56)14-10-16-31(40)48/h7-20,36-37H,5-6H2,1-4H3,(H,57,69)(H,58,70)(H,59,67)(H,60,68). The molecule has 4 N–H and O–H groups in total. The first kappa shape index (κ1) is 54.2. The fourth-order valence-electron chi connectivity index (χ4n) is 6.52. The van der Waals surface area contributed by atoms with E-state index in [1.54, 1.807) is 13.8 Å². The van der Waals surface area contributed by atoms with Crippen molar-refractivity contribution in [3.05, 3.63) is 138 Å². The highest BCUT2D eigenvalue weighted by atomic mass is 35.5. The molecular formula is C46H36Cl4F6N8O6. The first-order valence-electron chi connectivity index (χ1n) is 20.4. The van der Waals surface area contributed by atoms with Crippen LogP contribution in [-0.4, -0.2) is 47.3 Å². The molecule has 5 aromatic rings. The number of hydrogen-bond donors (Lipinski definition) is 4. The average Bonchev–Trinajstić information content (AvgIpc) is 3.28. The van der Waals surface area contributed by atoms with Crippen molar-refractivity contribution in [3.63, 3.8) is 0 Å². The lowest BCUT2D eigenvalue weighted by Gasteiger charge is -2.19. The summed E-state index contributed by atoms with van der Waals surface area (Å²) in [5.41, 5.74) is -3.59. The third kappa shape index (κ3) is 12.9. The molecule has 366 valence electrons. The molecule has 0 saturated carbocycles. The third-order valence-electron chi connectivity index (χ3n) is 9.97. The maximum absolute atomic E-state index is 13.7. The smallest absolute Gasteiger partial charge is 0.324 e. The number of benzene rings is 5. The highest BCUT2D eigenvalue weighted by molar-refractivity contribution is 6.38. The van der Waals surface area contributed by atoms with Gasteiger partial charge in [-0.3, -0.25) is 28.8 Å². The summed E-state index contributed by atoms with van der Waals surface area (Å²) in [6, 6.07) is 12.9. The zero-order valence-corrected chi connectivity index (χ0v) is 39.7. The van der Waals surface area contributed by atoms with Crippen LogP contribution in [0.15, 0.2) is 105 Å². The van der Waals surface area contributed by atoms with Gasteiger partial charge in [-0.1, -0.05) is 84.5 Å². The minimum Gasteiger partial charge on any atom is -0.324 e. The molecule has 0 aromatic heterocycles. The first-order chi connectivity index (χ1) is 32.9. The highest BCUT2D eigenvalue weighted by Gasteiger charge is 2.37. The Hall–Kier alpha value is -6.74. The van der Waals surface area contributed by atoms with Crippen LogP contribution in [0, 0.1) is 0 Å². The van der Waals surface area contributed by atoms with Gasteiger partial charge in [0.15, 0.2) is 11.6 Å². The molecule has 5 aromatic carbocycles. The maximum atomic E-state index is 13.7. The number of rotatable bonds is 16. The van der Waals surface area contributed by atoms with Crippen LogP contribution in [0.5, 0.6) is 0 Å². The predicted octanol–water partition coefficient (Wildman–Crippen LogP) is 13.3. The summed E-state index contributed by atoms with van der Waals surface area (Å²) < 4.78 is 81.9. The maximum Gasteiger partial charge on any atom is 0.418 e. The normalized spacial score (nSPS) is 12.7. The molecule has 2 atom stereocenters. The summed E-state index contributed by atoms with van der Waals surface area (Å²) in [6.45, 7) is 5.59. The molecule has 24 heteroatoms. The third-order valence-corrected chi connectivity index (χ3v) is 11.4. The Balaban J connectivity index is 1.33. The van der Waals surface area contributed by atoms with Crippen LogP contribution < -0.4 is 21.3 Å². The van der Waals surface area contributed by atoms with Crippen molar-refractivity contribution in [1.29, 1.82) is 0 Å². The Morgan fingerprint density at radius 1 is 0.529 bits per heavy atom. The van der Waals surface area contributed by atoms with Gasteiger partial charge in [-0.15, -0.1) is 0 Å². The second-order valence-electron chi connectivity index (χ2n) is 14.8. The molecule has 0 aliphatic carbocycles. The number of amides is 4. The predicted molar refractivity (Wildman–Crippen MR) is 252 cm³/mol. The Morgan fingerprint density at radius 3 is 1.26 bits per heavy atom. The quantitative estimate of drug-likeness (QED) is 0.0430. The molecule has 14 nitrogen and oxygen atoms in total. The van der Waals surface area contributed by atoms with Crippen LogP contribution in [-0.2, 0) is 44.4 Å². The van der Waals surface area contributed by atoms with Gasteiger partial charge in [-0.05, 0) is 98.5 Å². The molecule has 5 rings (SSSR count). The van der Waals surface area contributed by atoms with Gasteiger partial charge in [0, 0.05) is 11.4 Å². The Morgan fingerprint density at radius 2 is 0.900 bits per heavy atom. The number of ketones is 2. The van der Waals surface area contributed by atoms with Crippen molar-refractivity contribution in [2.45, 2.75) is 65.0 Å². The monoisotopic (exact) mass is 1050 g/mol. The van der Waals surface area contributed by atoms with Gasteiger partial charge in [-0.25, -0.2) is 0 Å². The Labute approximate surface area is 414 Å². The number of nitrogens with one attached hydrogen (secondary N) is 4. The lowest BCUT2D eigenvalue weighted by molar-refractivity contribution is -0.137. The number of nitrogens with zero attached hydrogens (tertiary/aromatic N) is 4. The van der Waals surface area contributed by atoms with Crippen molar-refractivity contribution in [2.75, 3.05) is 21.3 Å². The molecule has 0 aliphatic rings. The van der Waals surface area contributed by atoms with Gasteiger partial charge < -0.3 is 21.3 Å². The summed E-state index contributed by atoms with van der Waals surface area (Å²) in [7, 11) is 0. The van der Waals surface area contributed by atoms with E-state index < -0.39 is 92.2 Å². The van der Waals surface area contributed by atoms with Crippen molar-refractivity contribution in [3.8, 4) is 0 Å². The van der Waals surface area contributed by atoms with Crippen molar-refractivity contribution < 1.29 is 55.1 Å². The second kappa shape index (κ2) is 22.8. The molecule has 4 amide bonds. The summed E-state index contributed by atoms with van der Waals surface area (Å²) in [5.74, 6) is -5.58. The number of aryl methyl sites for hydroxylation is 2. The van der Waals surface area contributed by atoms with Crippen molar-refractivity contribution in [1.82, 2.24) is 0 Å². The molecule has 0 spiro atoms. The van der Waals surface area contributed by atoms with E-state index in [4.69, 9.17) is 46.4 Å². The topological polar surface area (TPSA) is 200 Å². The number of anilines is 4. The van der Waals surface area contributed by atoms with Gasteiger partial charge >= 0.3 is 12.4 Å². The van der Waals surface area contributed by atoms with E-state index in [-0.39, 0.29) is 56.8 Å². The average molecular weight is 1050 g/mol. The van der Waals surface area contributed by atoms with Crippen LogP contribution in [0.4, 0.5) is 60.5 Å². The number of carbonyl (C=O) groups excluding carboxylic acids is 6. The molecule has 0 heterocycles. The lowest BCUT2D eigenvalue weighted by atomic mass is 10.0. The molecular weight excluding hydrogens is 1020 g/mol. The molecule has 2 unspecified atom stereocenters. The van der Waals surface area contributed by atoms with E-state index in [1.165, 1.54) is 48.5 Å².